The van der Waals surface area contributed by atoms with E-state index in [4.69, 9.17) is 27.5 Å². The van der Waals surface area contributed by atoms with Gasteiger partial charge in [0.1, 0.15) is 18.1 Å². The summed E-state index contributed by atoms with van der Waals surface area (Å²) >= 11 is 6.32. The number of nitrogens with two attached hydrogens (primary N) is 1. The van der Waals surface area contributed by atoms with Gasteiger partial charge in [0.2, 0.25) is 0 Å². The first-order valence-electron chi connectivity index (χ1n) is 8.16. The smallest absolute Gasteiger partial charge is 0.276 e. The van der Waals surface area contributed by atoms with Gasteiger partial charge in [0.05, 0.1) is 10.5 Å². The zero-order valence-electron chi connectivity index (χ0n) is 14.7. The molecule has 7 nitrogen and oxygen atoms in total. The Kier molecular flexibility index (Phi) is 6.27. The Bertz CT molecular complexity index is 770. The van der Waals surface area contributed by atoms with E-state index in [0.29, 0.717) is 28.6 Å². The Morgan fingerprint density at radius 2 is 2.00 bits per heavy atom. The van der Waals surface area contributed by atoms with Crippen LogP contribution in [0, 0.1) is 5.41 Å². The minimum Gasteiger partial charge on any atom is -0.492 e. The predicted octanol–water partition coefficient (Wildman–Crippen LogP) is 2.51. The van der Waals surface area contributed by atoms with Crippen LogP contribution in [0.1, 0.15) is 24.3 Å². The van der Waals surface area contributed by atoms with E-state index in [1.807, 2.05) is 6.07 Å². The molecule has 1 aromatic carbocycles. The molecule has 0 fully saturated rings. The van der Waals surface area contributed by atoms with Gasteiger partial charge in [0.15, 0.2) is 5.96 Å². The zero-order valence-corrected chi connectivity index (χ0v) is 15.5. The van der Waals surface area contributed by atoms with Crippen LogP contribution in [0.15, 0.2) is 18.2 Å². The third-order valence-corrected chi connectivity index (χ3v) is 4.44. The predicted molar refractivity (Wildman–Crippen MR) is 101 cm³/mol. The van der Waals surface area contributed by atoms with Gasteiger partial charge in [-0.05, 0) is 25.2 Å². The number of nitrogens with one attached hydrogen (secondary N) is 2. The van der Waals surface area contributed by atoms with Crippen LogP contribution in [-0.4, -0.2) is 59.9 Å². The van der Waals surface area contributed by atoms with Gasteiger partial charge in [-0.3, -0.25) is 15.1 Å². The van der Waals surface area contributed by atoms with Gasteiger partial charge in [-0.1, -0.05) is 25.4 Å². The van der Waals surface area contributed by atoms with Crippen molar-refractivity contribution in [1.82, 2.24) is 14.8 Å². The Hall–Kier alpha value is -2.25. The number of aromatic amines is 1. The lowest BCUT2D eigenvalue weighted by Gasteiger charge is -2.18. The highest BCUT2D eigenvalue weighted by molar-refractivity contribution is 6.35. The number of ether oxygens (including phenoxy) is 1. The summed E-state index contributed by atoms with van der Waals surface area (Å²) in [5.74, 6) is -0.0793. The second-order valence-corrected chi connectivity index (χ2v) is 6.08. The first-order valence-corrected chi connectivity index (χ1v) is 8.54. The molecule has 0 saturated carbocycles. The van der Waals surface area contributed by atoms with Gasteiger partial charge in [-0.15, -0.1) is 0 Å². The molecule has 0 atom stereocenters. The number of rotatable bonds is 7. The molecule has 2 rings (SSSR count). The Morgan fingerprint density at radius 1 is 1.32 bits per heavy atom. The lowest BCUT2D eigenvalue weighted by Crippen LogP contribution is -2.38. The van der Waals surface area contributed by atoms with Crippen LogP contribution >= 0.6 is 11.6 Å². The fourth-order valence-corrected chi connectivity index (χ4v) is 2.75. The number of halogens is 1. The summed E-state index contributed by atoms with van der Waals surface area (Å²) in [6.07, 6.45) is 0. The number of benzene rings is 1. The number of carbonyl (C=O) groups excluding carboxylic acids is 1. The second kappa shape index (κ2) is 8.22. The Morgan fingerprint density at radius 3 is 2.60 bits per heavy atom. The number of fused-ring (bicyclic) bond motifs is 1. The van der Waals surface area contributed by atoms with Crippen molar-refractivity contribution < 1.29 is 9.53 Å². The largest absolute Gasteiger partial charge is 0.492 e. The molecule has 4 N–H and O–H groups in total. The van der Waals surface area contributed by atoms with E-state index in [0.717, 1.165) is 29.9 Å². The van der Waals surface area contributed by atoms with Gasteiger partial charge < -0.3 is 20.4 Å². The molecule has 136 valence electrons. The number of aromatic nitrogens is 1. The molecule has 1 heterocycles. The monoisotopic (exact) mass is 365 g/mol. The van der Waals surface area contributed by atoms with Crippen molar-refractivity contribution in [2.24, 2.45) is 5.73 Å². The third kappa shape index (κ3) is 4.43. The quantitative estimate of drug-likeness (QED) is 0.518. The Labute approximate surface area is 152 Å². The van der Waals surface area contributed by atoms with E-state index in [-0.39, 0.29) is 5.96 Å². The molecule has 0 aliphatic heterocycles. The molecule has 0 aliphatic carbocycles. The molecule has 25 heavy (non-hydrogen) atoms. The minimum absolute atomic E-state index is 0.315. The van der Waals surface area contributed by atoms with E-state index in [2.05, 4.69) is 23.7 Å². The van der Waals surface area contributed by atoms with Crippen LogP contribution in [-0.2, 0) is 0 Å². The van der Waals surface area contributed by atoms with Crippen molar-refractivity contribution in [1.29, 1.82) is 5.41 Å². The normalized spacial score (nSPS) is 11.1. The highest BCUT2D eigenvalue weighted by Gasteiger charge is 2.17. The summed E-state index contributed by atoms with van der Waals surface area (Å²) < 4.78 is 5.79. The van der Waals surface area contributed by atoms with Crippen molar-refractivity contribution in [3.8, 4) is 5.75 Å². The number of likely N-dealkylation sites (N-methyl/N-ethyl adjacent to an activating group) is 1. The fourth-order valence-electron chi connectivity index (χ4n) is 2.49. The average molecular weight is 366 g/mol. The molecule has 2 aromatic rings. The maximum atomic E-state index is 12.3. The number of hydrogen-bond donors (Lipinski definition) is 3. The van der Waals surface area contributed by atoms with Crippen LogP contribution in [0.25, 0.3) is 10.9 Å². The zero-order chi connectivity index (χ0) is 18.6. The SMILES string of the molecule is CCN(CC)CCOc1cc(Cl)c2cc(C(=O)N(C)C(=N)N)[nH]c2c1. The van der Waals surface area contributed by atoms with E-state index in [1.165, 1.54) is 7.05 Å². The maximum Gasteiger partial charge on any atom is 0.276 e. The van der Waals surface area contributed by atoms with Crippen molar-refractivity contribution in [3.05, 3.63) is 28.9 Å². The van der Waals surface area contributed by atoms with Crippen LogP contribution < -0.4 is 10.5 Å². The minimum atomic E-state index is -0.399. The third-order valence-electron chi connectivity index (χ3n) is 4.13. The number of H-pyrrole nitrogens is 1. The highest BCUT2D eigenvalue weighted by Crippen LogP contribution is 2.30. The van der Waals surface area contributed by atoms with Crippen molar-refractivity contribution >= 4 is 34.4 Å². The summed E-state index contributed by atoms with van der Waals surface area (Å²) in [7, 11) is 1.44. The van der Waals surface area contributed by atoms with Crippen LogP contribution in [0.4, 0.5) is 0 Å². The topological polar surface area (TPSA) is 98.4 Å². The van der Waals surface area contributed by atoms with Gasteiger partial charge in [-0.25, -0.2) is 0 Å². The summed E-state index contributed by atoms with van der Waals surface area (Å²) in [6, 6.07) is 5.20. The van der Waals surface area contributed by atoms with E-state index >= 15 is 0 Å². The van der Waals surface area contributed by atoms with Crippen molar-refractivity contribution in [2.75, 3.05) is 33.3 Å². The van der Waals surface area contributed by atoms with E-state index < -0.39 is 5.91 Å². The number of guanidine groups is 1. The summed E-state index contributed by atoms with van der Waals surface area (Å²) in [5, 5.41) is 8.57. The first-order chi connectivity index (χ1) is 11.9. The molecule has 1 aromatic heterocycles. The van der Waals surface area contributed by atoms with E-state index in [1.54, 1.807) is 12.1 Å². The first kappa shape index (κ1) is 19.1. The maximum absolute atomic E-state index is 12.3. The van der Waals surface area contributed by atoms with Crippen LogP contribution in [0.5, 0.6) is 5.75 Å². The van der Waals surface area contributed by atoms with Gasteiger partial charge in [-0.2, -0.15) is 0 Å². The van der Waals surface area contributed by atoms with Crippen molar-refractivity contribution in [2.45, 2.75) is 13.8 Å². The van der Waals surface area contributed by atoms with Crippen LogP contribution in [0.3, 0.4) is 0 Å². The van der Waals surface area contributed by atoms with Gasteiger partial charge in [0, 0.05) is 25.0 Å². The second-order valence-electron chi connectivity index (χ2n) is 5.67. The molecule has 0 spiro atoms. The molecule has 0 saturated heterocycles. The average Bonchev–Trinajstić information content (AvgIpc) is 3.02. The number of hydrogen-bond acceptors (Lipinski definition) is 4. The molecule has 0 bridgehead atoms. The van der Waals surface area contributed by atoms with E-state index in [9.17, 15) is 4.79 Å². The molecule has 8 heteroatoms. The summed E-state index contributed by atoms with van der Waals surface area (Å²) in [6.45, 7) is 7.57. The molecule has 0 aliphatic rings. The van der Waals surface area contributed by atoms with Gasteiger partial charge in [0.25, 0.3) is 5.91 Å². The standard InChI is InChI=1S/C17H24ClN5O2/c1-4-23(5-2)6-7-25-11-8-13(18)12-10-15(21-14(12)9-11)16(24)22(3)17(19)20/h8-10,21H,4-7H2,1-3H3,(H3,19,20). The molecular formula is C17H24ClN5O2. The van der Waals surface area contributed by atoms with Crippen LogP contribution in [0.2, 0.25) is 5.02 Å². The molecule has 1 amide bonds. The molecule has 0 unspecified atom stereocenters. The fraction of sp³-hybridized carbons (Fsp3) is 0.412. The summed E-state index contributed by atoms with van der Waals surface area (Å²) in [5.41, 5.74) is 6.36. The summed E-state index contributed by atoms with van der Waals surface area (Å²) in [4.78, 5) is 18.6. The van der Waals surface area contributed by atoms with Gasteiger partial charge >= 0.3 is 0 Å². The highest BCUT2D eigenvalue weighted by atomic mass is 35.5. The lowest BCUT2D eigenvalue weighted by atomic mass is 10.2. The molecular weight excluding hydrogens is 342 g/mol. The number of nitrogens with zero attached hydrogens (tertiary/aromatic N) is 2. The molecule has 0 radical (unpaired) electrons. The number of amides is 1. The number of carbonyl (C=O) groups is 1. The van der Waals surface area contributed by atoms with Crippen molar-refractivity contribution in [3.63, 3.8) is 0 Å². The lowest BCUT2D eigenvalue weighted by molar-refractivity contribution is 0.0864. The Balaban J connectivity index is 2.18.